The second kappa shape index (κ2) is 5.94. The number of carbonyl (C=O) groups excluding carboxylic acids is 1. The van der Waals surface area contributed by atoms with E-state index >= 15 is 0 Å². The fourth-order valence-corrected chi connectivity index (χ4v) is 2.89. The summed E-state index contributed by atoms with van der Waals surface area (Å²) >= 11 is 4.86. The summed E-state index contributed by atoms with van der Waals surface area (Å²) < 4.78 is 0.914. The van der Waals surface area contributed by atoms with Gasteiger partial charge in [0.2, 0.25) is 0 Å². The predicted molar refractivity (Wildman–Crippen MR) is 74.4 cm³/mol. The van der Waals surface area contributed by atoms with Crippen molar-refractivity contribution in [3.63, 3.8) is 0 Å². The van der Waals surface area contributed by atoms with Crippen molar-refractivity contribution in [3.05, 3.63) is 50.4 Å². The molecule has 0 atom stereocenters. The molecular weight excluding hydrogens is 332 g/mol. The van der Waals surface area contributed by atoms with Gasteiger partial charge in [0.25, 0.3) is 5.91 Å². The van der Waals surface area contributed by atoms with Gasteiger partial charge in [0, 0.05) is 15.5 Å². The van der Waals surface area contributed by atoms with E-state index in [1.807, 2.05) is 11.4 Å². The number of nitrogens with zero attached hydrogens (tertiary/aromatic N) is 1. The highest BCUT2D eigenvalue weighted by atomic mass is 79.9. The van der Waals surface area contributed by atoms with Crippen LogP contribution in [0.1, 0.15) is 25.7 Å². The van der Waals surface area contributed by atoms with Gasteiger partial charge in [-0.2, -0.15) is 0 Å². The Balaban J connectivity index is 2.13. The van der Waals surface area contributed by atoms with Crippen LogP contribution in [0.15, 0.2) is 34.2 Å². The minimum absolute atomic E-state index is 0.0809. The maximum absolute atomic E-state index is 11.9. The van der Waals surface area contributed by atoms with E-state index in [-0.39, 0.29) is 11.3 Å². The topological polar surface area (TPSA) is 79.3 Å². The van der Waals surface area contributed by atoms with Crippen LogP contribution in [0.5, 0.6) is 0 Å². The predicted octanol–water partition coefficient (Wildman–Crippen LogP) is 2.53. The van der Waals surface area contributed by atoms with Gasteiger partial charge in [-0.25, -0.2) is 4.79 Å². The first kappa shape index (κ1) is 13.7. The summed E-state index contributed by atoms with van der Waals surface area (Å²) in [5.74, 6) is -1.67. The van der Waals surface area contributed by atoms with Crippen molar-refractivity contribution in [3.8, 4) is 0 Å². The average Bonchev–Trinajstić information content (AvgIpc) is 2.81. The number of carboxylic acid groups (broad SMARTS) is 1. The zero-order valence-electron chi connectivity index (χ0n) is 9.59. The van der Waals surface area contributed by atoms with Crippen LogP contribution >= 0.6 is 27.3 Å². The highest BCUT2D eigenvalue weighted by molar-refractivity contribution is 9.10. The Morgan fingerprint density at radius 3 is 2.84 bits per heavy atom. The van der Waals surface area contributed by atoms with Gasteiger partial charge in [-0.15, -0.1) is 11.3 Å². The molecule has 0 fully saturated rings. The van der Waals surface area contributed by atoms with Crippen molar-refractivity contribution in [2.45, 2.75) is 6.54 Å². The fraction of sp³-hybridized carbons (Fsp3) is 0.0833. The molecule has 0 aliphatic heterocycles. The summed E-state index contributed by atoms with van der Waals surface area (Å²) in [5, 5.41) is 13.5. The maximum atomic E-state index is 11.9. The molecule has 0 aliphatic carbocycles. The minimum atomic E-state index is -1.17. The zero-order valence-corrected chi connectivity index (χ0v) is 12.0. The number of nitrogens with one attached hydrogen (secondary N) is 1. The van der Waals surface area contributed by atoms with E-state index in [9.17, 15) is 9.59 Å². The Hall–Kier alpha value is -1.73. The summed E-state index contributed by atoms with van der Waals surface area (Å²) in [6.07, 6.45) is 1.39. The Labute approximate surface area is 121 Å². The van der Waals surface area contributed by atoms with Crippen LogP contribution in [-0.4, -0.2) is 22.0 Å². The lowest BCUT2D eigenvalue weighted by Crippen LogP contribution is -2.25. The normalized spacial score (nSPS) is 10.2. The van der Waals surface area contributed by atoms with Gasteiger partial charge in [-0.05, 0) is 39.5 Å². The van der Waals surface area contributed by atoms with E-state index in [0.717, 1.165) is 9.35 Å². The van der Waals surface area contributed by atoms with Crippen molar-refractivity contribution in [1.82, 2.24) is 10.3 Å². The molecule has 0 unspecified atom stereocenters. The van der Waals surface area contributed by atoms with Crippen LogP contribution < -0.4 is 5.32 Å². The first-order valence-corrected chi connectivity index (χ1v) is 6.95. The van der Waals surface area contributed by atoms with Crippen LogP contribution in [0.2, 0.25) is 0 Å². The molecule has 0 aromatic carbocycles. The Morgan fingerprint density at radius 1 is 1.42 bits per heavy atom. The van der Waals surface area contributed by atoms with Gasteiger partial charge in [0.1, 0.15) is 5.69 Å². The molecular formula is C12H9BrN2O3S. The lowest BCUT2D eigenvalue weighted by molar-refractivity contribution is 0.0690. The average molecular weight is 341 g/mol. The number of aromatic nitrogens is 1. The third-order valence-corrected chi connectivity index (χ3v) is 4.28. The quantitative estimate of drug-likeness (QED) is 0.896. The number of halogens is 1. The van der Waals surface area contributed by atoms with Crippen molar-refractivity contribution in [2.24, 2.45) is 0 Å². The van der Waals surface area contributed by atoms with Gasteiger partial charge in [0.05, 0.1) is 12.1 Å². The number of aromatic carboxylic acids is 1. The third kappa shape index (κ3) is 3.18. The number of hydrogen-bond donors (Lipinski definition) is 2. The molecule has 2 N–H and O–H groups in total. The van der Waals surface area contributed by atoms with Crippen molar-refractivity contribution in [2.75, 3.05) is 0 Å². The molecule has 0 bridgehead atoms. The minimum Gasteiger partial charge on any atom is -0.478 e. The molecule has 0 aliphatic rings. The monoisotopic (exact) mass is 340 g/mol. The summed E-state index contributed by atoms with van der Waals surface area (Å²) in [5.41, 5.74) is -0.187. The molecule has 0 saturated carbocycles. The number of rotatable bonds is 4. The van der Waals surface area contributed by atoms with Gasteiger partial charge >= 0.3 is 5.97 Å². The second-order valence-electron chi connectivity index (χ2n) is 3.58. The number of carbonyl (C=O) groups is 2. The molecule has 2 aromatic heterocycles. The van der Waals surface area contributed by atoms with E-state index in [2.05, 4.69) is 26.2 Å². The lowest BCUT2D eigenvalue weighted by atomic mass is 10.2. The van der Waals surface area contributed by atoms with Gasteiger partial charge in [-0.1, -0.05) is 0 Å². The number of amides is 1. The van der Waals surface area contributed by atoms with Crippen LogP contribution in [0.4, 0.5) is 0 Å². The molecule has 7 heteroatoms. The number of pyridine rings is 1. The van der Waals surface area contributed by atoms with E-state index in [1.54, 1.807) is 0 Å². The highest BCUT2D eigenvalue weighted by Gasteiger charge is 2.17. The number of carboxylic acids is 1. The van der Waals surface area contributed by atoms with Crippen LogP contribution in [0, 0.1) is 0 Å². The van der Waals surface area contributed by atoms with E-state index in [1.165, 1.54) is 29.7 Å². The molecule has 0 radical (unpaired) electrons. The summed E-state index contributed by atoms with van der Waals surface area (Å²) in [4.78, 5) is 27.7. The Morgan fingerprint density at radius 2 is 2.21 bits per heavy atom. The van der Waals surface area contributed by atoms with Crippen molar-refractivity contribution < 1.29 is 14.7 Å². The molecule has 5 nitrogen and oxygen atoms in total. The maximum Gasteiger partial charge on any atom is 0.338 e. The molecule has 0 spiro atoms. The van der Waals surface area contributed by atoms with Gasteiger partial charge < -0.3 is 10.4 Å². The molecule has 2 heterocycles. The van der Waals surface area contributed by atoms with Crippen LogP contribution in [0.3, 0.4) is 0 Å². The summed E-state index contributed by atoms with van der Waals surface area (Å²) in [6.45, 7) is 0.326. The summed E-state index contributed by atoms with van der Waals surface area (Å²) in [6, 6.07) is 4.72. The van der Waals surface area contributed by atoms with E-state index in [0.29, 0.717) is 6.54 Å². The number of thiophene rings is 1. The lowest BCUT2D eigenvalue weighted by Gasteiger charge is -2.06. The molecule has 0 saturated heterocycles. The standard InChI is InChI=1S/C12H9BrN2O3S/c13-8-3-5-19-9(8)6-15-11(16)10-7(12(17)18)2-1-4-14-10/h1-5H,6H2,(H,15,16)(H,17,18). The highest BCUT2D eigenvalue weighted by Crippen LogP contribution is 2.22. The Kier molecular flexibility index (Phi) is 4.28. The number of hydrogen-bond acceptors (Lipinski definition) is 4. The van der Waals surface area contributed by atoms with E-state index < -0.39 is 11.9 Å². The van der Waals surface area contributed by atoms with Crippen LogP contribution in [-0.2, 0) is 6.54 Å². The summed E-state index contributed by atoms with van der Waals surface area (Å²) in [7, 11) is 0. The fourth-order valence-electron chi connectivity index (χ4n) is 1.45. The van der Waals surface area contributed by atoms with Crippen molar-refractivity contribution >= 4 is 39.1 Å². The first-order chi connectivity index (χ1) is 9.09. The third-order valence-electron chi connectivity index (χ3n) is 2.35. The van der Waals surface area contributed by atoms with E-state index in [4.69, 9.17) is 5.11 Å². The first-order valence-electron chi connectivity index (χ1n) is 5.28. The second-order valence-corrected chi connectivity index (χ2v) is 5.43. The smallest absolute Gasteiger partial charge is 0.338 e. The Bertz CT molecular complexity index is 627. The molecule has 1 amide bonds. The van der Waals surface area contributed by atoms with Gasteiger partial charge in [0.15, 0.2) is 0 Å². The van der Waals surface area contributed by atoms with Crippen LogP contribution in [0.25, 0.3) is 0 Å². The van der Waals surface area contributed by atoms with Crippen molar-refractivity contribution in [1.29, 1.82) is 0 Å². The molecule has 19 heavy (non-hydrogen) atoms. The molecule has 2 rings (SSSR count). The molecule has 98 valence electrons. The SMILES string of the molecule is O=C(O)c1cccnc1C(=O)NCc1sccc1Br. The molecule has 2 aromatic rings. The zero-order chi connectivity index (χ0) is 13.8. The largest absolute Gasteiger partial charge is 0.478 e. The van der Waals surface area contributed by atoms with Gasteiger partial charge in [-0.3, -0.25) is 9.78 Å².